The van der Waals surface area contributed by atoms with Gasteiger partial charge in [0.2, 0.25) is 0 Å². The maximum absolute atomic E-state index is 13.0. The van der Waals surface area contributed by atoms with Crippen LogP contribution < -0.4 is 10.6 Å². The highest BCUT2D eigenvalue weighted by Crippen LogP contribution is 2.19. The van der Waals surface area contributed by atoms with Gasteiger partial charge >= 0.3 is 0 Å². The molecule has 1 amide bonds. The highest BCUT2D eigenvalue weighted by molar-refractivity contribution is 5.98. The number of piperazine rings is 1. The molecule has 0 spiro atoms. The van der Waals surface area contributed by atoms with Crippen molar-refractivity contribution in [1.29, 1.82) is 0 Å². The van der Waals surface area contributed by atoms with Gasteiger partial charge in [-0.15, -0.1) is 12.4 Å². The number of nitrogens with zero attached hydrogens (tertiary/aromatic N) is 2. The first-order chi connectivity index (χ1) is 10.6. The Morgan fingerprint density at radius 3 is 2.74 bits per heavy atom. The zero-order valence-corrected chi connectivity index (χ0v) is 13.4. The summed E-state index contributed by atoms with van der Waals surface area (Å²) in [6.45, 7) is 5.20. The number of carbonyl (C=O) groups is 1. The fourth-order valence-corrected chi connectivity index (χ4v) is 2.38. The van der Waals surface area contributed by atoms with Crippen molar-refractivity contribution in [3.05, 3.63) is 39.7 Å². The Kier molecular flexibility index (Phi) is 7.87. The SMILES string of the molecule is Cl.O=C(NCCCN1CCNCC1)c1ccc(F)cc1[N+](=O)[O-]. The lowest BCUT2D eigenvalue weighted by atomic mass is 10.1. The smallest absolute Gasteiger partial charge is 0.285 e. The van der Waals surface area contributed by atoms with Gasteiger partial charge in [-0.3, -0.25) is 14.9 Å². The molecule has 1 aliphatic rings. The molecule has 0 bridgehead atoms. The summed E-state index contributed by atoms with van der Waals surface area (Å²) in [4.78, 5) is 24.4. The molecule has 1 fully saturated rings. The highest BCUT2D eigenvalue weighted by Gasteiger charge is 2.20. The summed E-state index contributed by atoms with van der Waals surface area (Å²) in [5, 5.41) is 16.8. The second-order valence-electron chi connectivity index (χ2n) is 5.12. The van der Waals surface area contributed by atoms with Crippen LogP contribution >= 0.6 is 12.4 Å². The van der Waals surface area contributed by atoms with Crippen molar-refractivity contribution in [2.75, 3.05) is 39.3 Å². The predicted molar refractivity (Wildman–Crippen MR) is 86.6 cm³/mol. The van der Waals surface area contributed by atoms with Crippen LogP contribution in [0.3, 0.4) is 0 Å². The lowest BCUT2D eigenvalue weighted by Gasteiger charge is -2.27. The number of rotatable bonds is 6. The van der Waals surface area contributed by atoms with Crippen LogP contribution in [0.4, 0.5) is 10.1 Å². The fraction of sp³-hybridized carbons (Fsp3) is 0.500. The number of nitrogens with one attached hydrogen (secondary N) is 2. The van der Waals surface area contributed by atoms with Crippen molar-refractivity contribution < 1.29 is 14.1 Å². The van der Waals surface area contributed by atoms with Crippen molar-refractivity contribution >= 4 is 24.0 Å². The number of nitro benzene ring substituents is 1. The maximum atomic E-state index is 13.0. The minimum Gasteiger partial charge on any atom is -0.352 e. The molecule has 128 valence electrons. The first kappa shape index (κ1) is 19.3. The number of carbonyl (C=O) groups excluding carboxylic acids is 1. The Balaban J connectivity index is 0.00000264. The third kappa shape index (κ3) is 5.74. The van der Waals surface area contributed by atoms with Crippen LogP contribution in [-0.2, 0) is 0 Å². The van der Waals surface area contributed by atoms with E-state index in [1.807, 2.05) is 0 Å². The number of hydrogen-bond acceptors (Lipinski definition) is 5. The summed E-state index contributed by atoms with van der Waals surface area (Å²) >= 11 is 0. The lowest BCUT2D eigenvalue weighted by Crippen LogP contribution is -2.44. The summed E-state index contributed by atoms with van der Waals surface area (Å²) < 4.78 is 13.0. The molecule has 7 nitrogen and oxygen atoms in total. The quantitative estimate of drug-likeness (QED) is 0.459. The molecule has 0 unspecified atom stereocenters. The highest BCUT2D eigenvalue weighted by atomic mass is 35.5. The minimum atomic E-state index is -0.751. The molecule has 1 heterocycles. The van der Waals surface area contributed by atoms with Gasteiger partial charge in [-0.2, -0.15) is 0 Å². The standard InChI is InChI=1S/C14H19FN4O3.ClH/c15-11-2-3-12(13(10-11)19(21)22)14(20)17-4-1-7-18-8-5-16-6-9-18;/h2-3,10,16H,1,4-9H2,(H,17,20);1H. The molecule has 9 heteroatoms. The third-order valence-corrected chi connectivity index (χ3v) is 3.55. The average molecular weight is 347 g/mol. The Morgan fingerprint density at radius 1 is 1.39 bits per heavy atom. The fourth-order valence-electron chi connectivity index (χ4n) is 2.38. The van der Waals surface area contributed by atoms with Gasteiger partial charge in [-0.25, -0.2) is 4.39 Å². The Hall–Kier alpha value is -1.77. The van der Waals surface area contributed by atoms with E-state index in [1.165, 1.54) is 0 Å². The molecule has 0 radical (unpaired) electrons. The molecule has 0 saturated carbocycles. The largest absolute Gasteiger partial charge is 0.352 e. The van der Waals surface area contributed by atoms with Crippen LogP contribution in [0.5, 0.6) is 0 Å². The van der Waals surface area contributed by atoms with E-state index in [0.29, 0.717) is 6.54 Å². The summed E-state index contributed by atoms with van der Waals surface area (Å²) in [5.41, 5.74) is -0.631. The monoisotopic (exact) mass is 346 g/mol. The van der Waals surface area contributed by atoms with Crippen LogP contribution in [-0.4, -0.2) is 55.0 Å². The van der Waals surface area contributed by atoms with Gasteiger partial charge in [0.1, 0.15) is 11.4 Å². The van der Waals surface area contributed by atoms with Gasteiger partial charge in [-0.1, -0.05) is 0 Å². The van der Waals surface area contributed by atoms with Crippen LogP contribution in [0.25, 0.3) is 0 Å². The molecular weight excluding hydrogens is 327 g/mol. The van der Waals surface area contributed by atoms with E-state index in [2.05, 4.69) is 15.5 Å². The number of nitro groups is 1. The molecular formula is C14H20ClFN4O3. The molecule has 1 saturated heterocycles. The summed E-state index contributed by atoms with van der Waals surface area (Å²) in [7, 11) is 0. The van der Waals surface area contributed by atoms with Gasteiger partial charge in [0.15, 0.2) is 0 Å². The Morgan fingerprint density at radius 2 is 2.09 bits per heavy atom. The summed E-state index contributed by atoms with van der Waals surface area (Å²) in [6.07, 6.45) is 0.765. The van der Waals surface area contributed by atoms with Crippen LogP contribution in [0, 0.1) is 15.9 Å². The van der Waals surface area contributed by atoms with Crippen molar-refractivity contribution in [1.82, 2.24) is 15.5 Å². The van der Waals surface area contributed by atoms with Crippen molar-refractivity contribution in [2.24, 2.45) is 0 Å². The second kappa shape index (κ2) is 9.39. The Labute approximate surface area is 139 Å². The minimum absolute atomic E-state index is 0. The molecule has 0 atom stereocenters. The topological polar surface area (TPSA) is 87.5 Å². The van der Waals surface area contributed by atoms with Crippen LogP contribution in [0.2, 0.25) is 0 Å². The van der Waals surface area contributed by atoms with E-state index in [9.17, 15) is 19.3 Å². The van der Waals surface area contributed by atoms with E-state index in [4.69, 9.17) is 0 Å². The lowest BCUT2D eigenvalue weighted by molar-refractivity contribution is -0.385. The predicted octanol–water partition coefficient (Wildman–Crippen LogP) is 1.18. The number of benzene rings is 1. The van der Waals surface area contributed by atoms with Crippen LogP contribution in [0.1, 0.15) is 16.8 Å². The van der Waals surface area contributed by atoms with Crippen molar-refractivity contribution in [3.8, 4) is 0 Å². The number of halogens is 2. The Bertz CT molecular complexity index is 553. The van der Waals surface area contributed by atoms with E-state index >= 15 is 0 Å². The number of amides is 1. The summed E-state index contributed by atoms with van der Waals surface area (Å²) in [6, 6.07) is 2.94. The van der Waals surface area contributed by atoms with Crippen LogP contribution in [0.15, 0.2) is 18.2 Å². The second-order valence-corrected chi connectivity index (χ2v) is 5.12. The van der Waals surface area contributed by atoms with Gasteiger partial charge < -0.3 is 15.5 Å². The van der Waals surface area contributed by atoms with Crippen molar-refractivity contribution in [3.63, 3.8) is 0 Å². The summed E-state index contributed by atoms with van der Waals surface area (Å²) in [5.74, 6) is -1.28. The molecule has 0 aromatic heterocycles. The van der Waals surface area contributed by atoms with E-state index < -0.39 is 22.3 Å². The first-order valence-corrected chi connectivity index (χ1v) is 7.23. The van der Waals surface area contributed by atoms with E-state index in [1.54, 1.807) is 0 Å². The molecule has 1 aromatic rings. The van der Waals surface area contributed by atoms with Gasteiger partial charge in [0.25, 0.3) is 11.6 Å². The molecule has 1 aromatic carbocycles. The average Bonchev–Trinajstić information content (AvgIpc) is 2.52. The van der Waals surface area contributed by atoms with E-state index in [0.717, 1.165) is 57.3 Å². The molecule has 23 heavy (non-hydrogen) atoms. The van der Waals surface area contributed by atoms with Crippen molar-refractivity contribution in [2.45, 2.75) is 6.42 Å². The zero-order chi connectivity index (χ0) is 15.9. The van der Waals surface area contributed by atoms with Gasteiger partial charge in [-0.05, 0) is 25.1 Å². The zero-order valence-electron chi connectivity index (χ0n) is 12.6. The normalized spacial score (nSPS) is 14.8. The molecule has 0 aliphatic carbocycles. The van der Waals surface area contributed by atoms with Gasteiger partial charge in [0, 0.05) is 32.7 Å². The van der Waals surface area contributed by atoms with Gasteiger partial charge in [0.05, 0.1) is 11.0 Å². The maximum Gasteiger partial charge on any atom is 0.285 e. The molecule has 2 rings (SSSR count). The first-order valence-electron chi connectivity index (χ1n) is 7.23. The molecule has 1 aliphatic heterocycles. The number of hydrogen-bond donors (Lipinski definition) is 2. The van der Waals surface area contributed by atoms with E-state index in [-0.39, 0.29) is 18.0 Å². The third-order valence-electron chi connectivity index (χ3n) is 3.55. The molecule has 2 N–H and O–H groups in total.